The molecule has 0 aliphatic heterocycles. The van der Waals surface area contributed by atoms with Gasteiger partial charge < -0.3 is 9.88 Å². The fraction of sp³-hybridized carbons (Fsp3) is 0.333. The molecule has 1 aromatic heterocycles. The van der Waals surface area contributed by atoms with Crippen LogP contribution in [-0.4, -0.2) is 11.6 Å². The minimum Gasteiger partial charge on any atom is -0.344 e. The third-order valence-corrected chi connectivity index (χ3v) is 2.91. The lowest BCUT2D eigenvalue weighted by atomic mass is 10.1. The summed E-state index contributed by atoms with van der Waals surface area (Å²) >= 11 is 0. The van der Waals surface area contributed by atoms with Crippen molar-refractivity contribution in [3.05, 3.63) is 35.3 Å². The molecule has 3 heteroatoms. The van der Waals surface area contributed by atoms with E-state index in [0.717, 1.165) is 23.2 Å². The highest BCUT2D eigenvalue weighted by atomic mass is 19.1. The standard InChI is InChI=1S/C12H15FN2/c1-8-9-5-4-6-10(13)12(9)15(3)11(8)7-14-2/h4-6,14H,7H2,1-3H3. The third kappa shape index (κ3) is 1.43. The second-order valence-electron chi connectivity index (χ2n) is 3.80. The molecule has 1 aromatic carbocycles. The van der Waals surface area contributed by atoms with Gasteiger partial charge in [-0.1, -0.05) is 12.1 Å². The second-order valence-corrected chi connectivity index (χ2v) is 3.80. The summed E-state index contributed by atoms with van der Waals surface area (Å²) in [5.41, 5.74) is 2.99. The summed E-state index contributed by atoms with van der Waals surface area (Å²) < 4.78 is 15.6. The van der Waals surface area contributed by atoms with Gasteiger partial charge in [0.05, 0.1) is 5.52 Å². The van der Waals surface area contributed by atoms with Crippen LogP contribution in [0.25, 0.3) is 10.9 Å². The fourth-order valence-corrected chi connectivity index (χ4v) is 2.12. The molecule has 0 saturated carbocycles. The summed E-state index contributed by atoms with van der Waals surface area (Å²) in [6.07, 6.45) is 0. The van der Waals surface area contributed by atoms with Gasteiger partial charge in [0.2, 0.25) is 0 Å². The Labute approximate surface area is 88.7 Å². The number of aromatic nitrogens is 1. The molecule has 1 heterocycles. The van der Waals surface area contributed by atoms with E-state index in [0.29, 0.717) is 5.52 Å². The lowest BCUT2D eigenvalue weighted by Gasteiger charge is -2.04. The van der Waals surface area contributed by atoms with Crippen molar-refractivity contribution in [3.8, 4) is 0 Å². The van der Waals surface area contributed by atoms with Crippen LogP contribution in [0.5, 0.6) is 0 Å². The smallest absolute Gasteiger partial charge is 0.147 e. The average Bonchev–Trinajstić information content (AvgIpc) is 2.45. The average molecular weight is 206 g/mol. The molecule has 0 spiro atoms. The van der Waals surface area contributed by atoms with E-state index in [2.05, 4.69) is 5.32 Å². The lowest BCUT2D eigenvalue weighted by Crippen LogP contribution is -2.10. The van der Waals surface area contributed by atoms with Gasteiger partial charge in [-0.2, -0.15) is 0 Å². The van der Waals surface area contributed by atoms with Crippen molar-refractivity contribution >= 4 is 10.9 Å². The van der Waals surface area contributed by atoms with E-state index in [1.54, 1.807) is 6.07 Å². The predicted molar refractivity (Wildman–Crippen MR) is 60.4 cm³/mol. The highest BCUT2D eigenvalue weighted by Crippen LogP contribution is 2.26. The number of halogens is 1. The van der Waals surface area contributed by atoms with Crippen LogP contribution in [0, 0.1) is 12.7 Å². The van der Waals surface area contributed by atoms with Gasteiger partial charge in [0.1, 0.15) is 5.82 Å². The molecule has 0 bridgehead atoms. The summed E-state index contributed by atoms with van der Waals surface area (Å²) in [6.45, 7) is 2.80. The van der Waals surface area contributed by atoms with Gasteiger partial charge in [0.25, 0.3) is 0 Å². The number of aryl methyl sites for hydroxylation is 2. The van der Waals surface area contributed by atoms with Crippen LogP contribution >= 0.6 is 0 Å². The van der Waals surface area contributed by atoms with E-state index in [1.165, 1.54) is 6.07 Å². The number of hydrogen-bond donors (Lipinski definition) is 1. The minimum atomic E-state index is -0.152. The topological polar surface area (TPSA) is 17.0 Å². The van der Waals surface area contributed by atoms with Crippen molar-refractivity contribution in [2.45, 2.75) is 13.5 Å². The zero-order valence-electron chi connectivity index (χ0n) is 9.26. The van der Waals surface area contributed by atoms with Crippen LogP contribution in [0.1, 0.15) is 11.3 Å². The predicted octanol–water partition coefficient (Wildman–Crippen LogP) is 2.35. The molecule has 0 aliphatic rings. The zero-order valence-corrected chi connectivity index (χ0v) is 9.26. The van der Waals surface area contributed by atoms with Crippen LogP contribution < -0.4 is 5.32 Å². The normalized spacial score (nSPS) is 11.2. The maximum Gasteiger partial charge on any atom is 0.147 e. The number of rotatable bonds is 2. The molecule has 0 amide bonds. The third-order valence-electron chi connectivity index (χ3n) is 2.91. The van der Waals surface area contributed by atoms with E-state index in [-0.39, 0.29) is 5.82 Å². The maximum atomic E-state index is 13.6. The van der Waals surface area contributed by atoms with Crippen LogP contribution in [0.2, 0.25) is 0 Å². The molecule has 0 atom stereocenters. The molecule has 1 N–H and O–H groups in total. The first-order valence-corrected chi connectivity index (χ1v) is 5.03. The second kappa shape index (κ2) is 3.66. The fourth-order valence-electron chi connectivity index (χ4n) is 2.12. The van der Waals surface area contributed by atoms with E-state index >= 15 is 0 Å². The molecule has 2 nitrogen and oxygen atoms in total. The molecule has 15 heavy (non-hydrogen) atoms. The lowest BCUT2D eigenvalue weighted by molar-refractivity contribution is 0.628. The summed E-state index contributed by atoms with van der Waals surface area (Å²) in [5, 5.41) is 4.11. The zero-order chi connectivity index (χ0) is 11.0. The Morgan fingerprint density at radius 2 is 2.13 bits per heavy atom. The van der Waals surface area contributed by atoms with Crippen molar-refractivity contribution in [2.24, 2.45) is 7.05 Å². The van der Waals surface area contributed by atoms with Crippen molar-refractivity contribution in [1.82, 2.24) is 9.88 Å². The van der Waals surface area contributed by atoms with Crippen molar-refractivity contribution < 1.29 is 4.39 Å². The molecular weight excluding hydrogens is 191 g/mol. The van der Waals surface area contributed by atoms with Gasteiger partial charge in [-0.15, -0.1) is 0 Å². The van der Waals surface area contributed by atoms with Gasteiger partial charge in [0.15, 0.2) is 0 Å². The molecule has 0 radical (unpaired) electrons. The van der Waals surface area contributed by atoms with Crippen LogP contribution in [-0.2, 0) is 13.6 Å². The number of fused-ring (bicyclic) bond motifs is 1. The van der Waals surface area contributed by atoms with Crippen LogP contribution in [0.3, 0.4) is 0 Å². The van der Waals surface area contributed by atoms with Crippen LogP contribution in [0.4, 0.5) is 4.39 Å². The van der Waals surface area contributed by atoms with Gasteiger partial charge in [-0.25, -0.2) is 4.39 Å². The first-order chi connectivity index (χ1) is 7.16. The maximum absolute atomic E-state index is 13.6. The monoisotopic (exact) mass is 206 g/mol. The minimum absolute atomic E-state index is 0.152. The highest BCUT2D eigenvalue weighted by Gasteiger charge is 2.13. The van der Waals surface area contributed by atoms with E-state index in [9.17, 15) is 4.39 Å². The molecule has 2 aromatic rings. The van der Waals surface area contributed by atoms with E-state index < -0.39 is 0 Å². The van der Waals surface area contributed by atoms with Gasteiger partial charge in [-0.3, -0.25) is 0 Å². The van der Waals surface area contributed by atoms with Gasteiger partial charge >= 0.3 is 0 Å². The van der Waals surface area contributed by atoms with E-state index in [4.69, 9.17) is 0 Å². The molecule has 0 saturated heterocycles. The Bertz CT molecular complexity index is 500. The van der Waals surface area contributed by atoms with Crippen molar-refractivity contribution in [2.75, 3.05) is 7.05 Å². The van der Waals surface area contributed by atoms with Gasteiger partial charge in [0, 0.05) is 24.7 Å². The van der Waals surface area contributed by atoms with Crippen molar-refractivity contribution in [1.29, 1.82) is 0 Å². The number of benzene rings is 1. The number of nitrogens with one attached hydrogen (secondary N) is 1. The summed E-state index contributed by atoms with van der Waals surface area (Å²) in [5.74, 6) is -0.152. The Hall–Kier alpha value is -1.35. The Kier molecular flexibility index (Phi) is 2.49. The number of nitrogens with zero attached hydrogens (tertiary/aromatic N) is 1. The molecule has 0 aliphatic carbocycles. The molecule has 0 unspecified atom stereocenters. The van der Waals surface area contributed by atoms with Gasteiger partial charge in [-0.05, 0) is 25.6 Å². The Morgan fingerprint density at radius 3 is 2.73 bits per heavy atom. The number of hydrogen-bond acceptors (Lipinski definition) is 1. The summed E-state index contributed by atoms with van der Waals surface area (Å²) in [6, 6.07) is 5.23. The SMILES string of the molecule is CNCc1c(C)c2cccc(F)c2n1C. The first kappa shape index (κ1) is 10.2. The Morgan fingerprint density at radius 1 is 1.40 bits per heavy atom. The van der Waals surface area contributed by atoms with Crippen LogP contribution in [0.15, 0.2) is 18.2 Å². The molecule has 80 valence electrons. The highest BCUT2D eigenvalue weighted by molar-refractivity contribution is 5.85. The number of para-hydroxylation sites is 1. The first-order valence-electron chi connectivity index (χ1n) is 5.03. The molecule has 2 rings (SSSR count). The quantitative estimate of drug-likeness (QED) is 0.798. The molecule has 0 fully saturated rings. The molecular formula is C12H15FN2. The largest absolute Gasteiger partial charge is 0.344 e. The van der Waals surface area contributed by atoms with Crippen molar-refractivity contribution in [3.63, 3.8) is 0 Å². The summed E-state index contributed by atoms with van der Waals surface area (Å²) in [4.78, 5) is 0. The summed E-state index contributed by atoms with van der Waals surface area (Å²) in [7, 11) is 3.80. The van der Waals surface area contributed by atoms with E-state index in [1.807, 2.05) is 31.7 Å². The Balaban J connectivity index is 2.79.